The predicted molar refractivity (Wildman–Crippen MR) is 164 cm³/mol. The first kappa shape index (κ1) is 30.5. The van der Waals surface area contributed by atoms with Crippen LogP contribution in [-0.2, 0) is 28.9 Å². The number of carbonyl (C=O) groups is 2. The number of rotatable bonds is 11. The molecule has 1 amide bonds. The van der Waals surface area contributed by atoms with E-state index in [1.807, 2.05) is 49.1 Å². The van der Waals surface area contributed by atoms with E-state index < -0.39 is 17.9 Å². The largest absolute Gasteiger partial charge is 0.486 e. The molecule has 0 aliphatic carbocycles. The molecule has 7 nitrogen and oxygen atoms in total. The van der Waals surface area contributed by atoms with E-state index in [1.165, 1.54) is 17.7 Å². The normalized spacial score (nSPS) is 19.8. The molecule has 1 unspecified atom stereocenters. The molecular weight excluding hydrogens is 547 g/mol. The van der Waals surface area contributed by atoms with Gasteiger partial charge in [-0.25, -0.2) is 4.39 Å². The maximum absolute atomic E-state index is 14.2. The third-order valence-corrected chi connectivity index (χ3v) is 8.66. The molecule has 1 saturated heterocycles. The maximum Gasteiger partial charge on any atom is 0.309 e. The Morgan fingerprint density at radius 3 is 2.21 bits per heavy atom. The number of halogens is 1. The Morgan fingerprint density at radius 1 is 0.930 bits per heavy atom. The van der Waals surface area contributed by atoms with Crippen molar-refractivity contribution in [3.8, 4) is 11.5 Å². The zero-order valence-corrected chi connectivity index (χ0v) is 25.2. The second kappa shape index (κ2) is 13.6. The van der Waals surface area contributed by atoms with Gasteiger partial charge in [0.15, 0.2) is 11.5 Å². The van der Waals surface area contributed by atoms with Crippen LogP contribution in [0.15, 0.2) is 54.6 Å². The number of hydrogen-bond acceptors (Lipinski definition) is 5. The number of fused-ring (bicyclic) bond motifs is 1. The summed E-state index contributed by atoms with van der Waals surface area (Å²) in [6.07, 6.45) is 4.29. The number of carbonyl (C=O) groups excluding carboxylic acids is 1. The maximum atomic E-state index is 14.2. The van der Waals surface area contributed by atoms with Crippen molar-refractivity contribution in [2.24, 2.45) is 5.92 Å². The summed E-state index contributed by atoms with van der Waals surface area (Å²) in [6, 6.07) is 16.2. The molecule has 2 aliphatic rings. The molecular formula is C35H41FN2O5. The van der Waals surface area contributed by atoms with E-state index in [2.05, 4.69) is 24.4 Å². The van der Waals surface area contributed by atoms with Crippen LogP contribution in [0.25, 0.3) is 0 Å². The Hall–Kier alpha value is -3.91. The van der Waals surface area contributed by atoms with Gasteiger partial charge in [-0.2, -0.15) is 0 Å². The number of benzene rings is 3. The standard InChI is InChI=1S/C35H41FN2O5/c1-4-7-8-22-9-11-25(12-10-22)34-32(35(40)41)28(26-13-14-29-30(19-26)43-16-15-42-29)20-38(34)21-31(39)37-33-23(5-2)17-27(36)18-24(33)6-3/h9-14,17-19,28,32,34H,4-8,15-16,20-21H2,1-3H3,(H,37,39)(H,40,41)/t28-,32?,34+/m1/s1. The van der Waals surface area contributed by atoms with E-state index in [0.717, 1.165) is 41.5 Å². The topological polar surface area (TPSA) is 88.1 Å². The zero-order chi connectivity index (χ0) is 30.5. The number of aliphatic carboxylic acids is 1. The number of nitrogens with one attached hydrogen (secondary N) is 1. The van der Waals surface area contributed by atoms with Gasteiger partial charge in [-0.05, 0) is 77.8 Å². The van der Waals surface area contributed by atoms with E-state index in [4.69, 9.17) is 9.47 Å². The van der Waals surface area contributed by atoms with Crippen LogP contribution < -0.4 is 14.8 Å². The van der Waals surface area contributed by atoms with Crippen molar-refractivity contribution >= 4 is 17.6 Å². The number of likely N-dealkylation sites (tertiary alicyclic amines) is 1. The smallest absolute Gasteiger partial charge is 0.309 e. The molecule has 8 heteroatoms. The fraction of sp³-hybridized carbons (Fsp3) is 0.429. The second-order valence-electron chi connectivity index (χ2n) is 11.4. The van der Waals surface area contributed by atoms with Crippen molar-refractivity contribution in [2.75, 3.05) is 31.6 Å². The van der Waals surface area contributed by atoms with Gasteiger partial charge in [0.05, 0.1) is 12.5 Å². The van der Waals surface area contributed by atoms with Crippen LogP contribution in [0.4, 0.5) is 10.1 Å². The van der Waals surface area contributed by atoms with Gasteiger partial charge in [0.1, 0.15) is 19.0 Å². The monoisotopic (exact) mass is 588 g/mol. The molecule has 1 fully saturated rings. The van der Waals surface area contributed by atoms with Gasteiger partial charge in [-0.15, -0.1) is 0 Å². The molecule has 2 heterocycles. The minimum Gasteiger partial charge on any atom is -0.486 e. The van der Waals surface area contributed by atoms with Crippen molar-refractivity contribution in [3.63, 3.8) is 0 Å². The van der Waals surface area contributed by atoms with Crippen LogP contribution >= 0.6 is 0 Å². The summed E-state index contributed by atoms with van der Waals surface area (Å²) in [5.41, 5.74) is 5.03. The van der Waals surface area contributed by atoms with Crippen LogP contribution in [0.2, 0.25) is 0 Å². The van der Waals surface area contributed by atoms with Crippen molar-refractivity contribution in [2.45, 2.75) is 64.8 Å². The number of hydrogen-bond donors (Lipinski definition) is 2. The SMILES string of the molecule is CCCCc1ccc([C@H]2C(C(=O)O)[C@@H](c3ccc4c(c3)OCCO4)CN2CC(=O)Nc2c(CC)cc(F)cc2CC)cc1. The third-order valence-electron chi connectivity index (χ3n) is 8.66. The van der Waals surface area contributed by atoms with E-state index in [-0.39, 0.29) is 24.2 Å². The molecule has 2 aliphatic heterocycles. The van der Waals surface area contributed by atoms with Crippen molar-refractivity contribution in [1.29, 1.82) is 0 Å². The molecule has 0 aromatic heterocycles. The molecule has 228 valence electrons. The highest BCUT2D eigenvalue weighted by Gasteiger charge is 2.48. The fourth-order valence-corrected chi connectivity index (χ4v) is 6.49. The molecule has 2 N–H and O–H groups in total. The lowest BCUT2D eigenvalue weighted by Gasteiger charge is -2.27. The van der Waals surface area contributed by atoms with E-state index in [0.29, 0.717) is 49.8 Å². The van der Waals surface area contributed by atoms with E-state index in [9.17, 15) is 19.1 Å². The van der Waals surface area contributed by atoms with Gasteiger partial charge in [0.25, 0.3) is 0 Å². The number of anilines is 1. The van der Waals surface area contributed by atoms with Gasteiger partial charge < -0.3 is 19.9 Å². The number of aryl methyl sites for hydroxylation is 3. The number of nitrogens with zero attached hydrogens (tertiary/aromatic N) is 1. The molecule has 43 heavy (non-hydrogen) atoms. The van der Waals surface area contributed by atoms with Gasteiger partial charge in [-0.3, -0.25) is 14.5 Å². The lowest BCUT2D eigenvalue weighted by Crippen LogP contribution is -2.35. The second-order valence-corrected chi connectivity index (χ2v) is 11.4. The molecule has 3 aromatic carbocycles. The summed E-state index contributed by atoms with van der Waals surface area (Å²) in [7, 11) is 0. The Balaban J connectivity index is 1.48. The molecule has 3 atom stereocenters. The summed E-state index contributed by atoms with van der Waals surface area (Å²) >= 11 is 0. The highest BCUT2D eigenvalue weighted by atomic mass is 19.1. The van der Waals surface area contributed by atoms with E-state index in [1.54, 1.807) is 0 Å². The van der Waals surface area contributed by atoms with Crippen LogP contribution in [0.1, 0.15) is 73.4 Å². The minimum absolute atomic E-state index is 0.00320. The molecule has 0 spiro atoms. The molecule has 0 bridgehead atoms. The third kappa shape index (κ3) is 6.69. The van der Waals surface area contributed by atoms with Gasteiger partial charge in [-0.1, -0.05) is 57.5 Å². The van der Waals surface area contributed by atoms with Crippen molar-refractivity contribution in [3.05, 3.63) is 88.2 Å². The minimum atomic E-state index is -0.914. The van der Waals surface area contributed by atoms with Gasteiger partial charge >= 0.3 is 5.97 Å². The summed E-state index contributed by atoms with van der Waals surface area (Å²) < 4.78 is 25.7. The first-order chi connectivity index (χ1) is 20.8. The quantitative estimate of drug-likeness (QED) is 0.264. The van der Waals surface area contributed by atoms with Crippen LogP contribution in [0.5, 0.6) is 11.5 Å². The first-order valence-electron chi connectivity index (χ1n) is 15.4. The Morgan fingerprint density at radius 2 is 1.58 bits per heavy atom. The highest BCUT2D eigenvalue weighted by Crippen LogP contribution is 2.47. The zero-order valence-electron chi connectivity index (χ0n) is 25.2. The number of amides is 1. The molecule has 0 saturated carbocycles. The molecule has 5 rings (SSSR count). The average Bonchev–Trinajstić information content (AvgIpc) is 3.39. The van der Waals surface area contributed by atoms with Crippen molar-refractivity contribution < 1.29 is 28.6 Å². The fourth-order valence-electron chi connectivity index (χ4n) is 6.49. The number of ether oxygens (including phenoxy) is 2. The molecule has 3 aromatic rings. The van der Waals surface area contributed by atoms with Crippen LogP contribution in [-0.4, -0.2) is 48.2 Å². The Kier molecular flexibility index (Phi) is 9.65. The lowest BCUT2D eigenvalue weighted by atomic mass is 9.82. The number of carboxylic acids is 1. The van der Waals surface area contributed by atoms with Crippen molar-refractivity contribution in [1.82, 2.24) is 4.90 Å². The Bertz CT molecular complexity index is 1430. The van der Waals surface area contributed by atoms with Crippen LogP contribution in [0, 0.1) is 11.7 Å². The lowest BCUT2D eigenvalue weighted by molar-refractivity contribution is -0.143. The summed E-state index contributed by atoms with van der Waals surface area (Å²) in [6.45, 7) is 7.30. The van der Waals surface area contributed by atoms with Crippen LogP contribution in [0.3, 0.4) is 0 Å². The summed E-state index contributed by atoms with van der Waals surface area (Å²) in [5, 5.41) is 13.7. The average molecular weight is 589 g/mol. The Labute approximate surface area is 253 Å². The summed E-state index contributed by atoms with van der Waals surface area (Å²) in [4.78, 5) is 28.6. The first-order valence-corrected chi connectivity index (χ1v) is 15.4. The van der Waals surface area contributed by atoms with Gasteiger partial charge in [0.2, 0.25) is 5.91 Å². The van der Waals surface area contributed by atoms with Gasteiger partial charge in [0, 0.05) is 24.2 Å². The number of carboxylic acid groups (broad SMARTS) is 1. The molecule has 0 radical (unpaired) electrons. The summed E-state index contributed by atoms with van der Waals surface area (Å²) in [5.74, 6) is -1.41. The number of unbranched alkanes of at least 4 members (excludes halogenated alkanes) is 1. The predicted octanol–water partition coefficient (Wildman–Crippen LogP) is 6.54. The van der Waals surface area contributed by atoms with E-state index >= 15 is 0 Å². The highest BCUT2D eigenvalue weighted by molar-refractivity contribution is 5.94.